The molecule has 92 valence electrons. The summed E-state index contributed by atoms with van der Waals surface area (Å²) in [6, 6.07) is 0. The second-order valence-corrected chi connectivity index (χ2v) is 6.03. The van der Waals surface area contributed by atoms with Crippen LogP contribution in [-0.2, 0) is 0 Å². The lowest BCUT2D eigenvalue weighted by molar-refractivity contribution is -0.943. The molecule has 0 aromatic heterocycles. The molecule has 15 heavy (non-hydrogen) atoms. The van der Waals surface area contributed by atoms with Crippen LogP contribution in [0.5, 0.6) is 0 Å². The highest BCUT2D eigenvalue weighted by molar-refractivity contribution is 4.68. The molecule has 0 unspecified atom stereocenters. The molecule has 0 fully saturated rings. The summed E-state index contributed by atoms with van der Waals surface area (Å²) in [6.45, 7) is 8.28. The monoisotopic (exact) mass is 217 g/mol. The lowest BCUT2D eigenvalue weighted by Crippen LogP contribution is -3.06. The topological polar surface area (TPSA) is 16.5 Å². The molecule has 0 atom stereocenters. The Morgan fingerprint density at radius 1 is 1.20 bits per heavy atom. The molecule has 3 heteroatoms. The third kappa shape index (κ3) is 4.96. The van der Waals surface area contributed by atoms with Gasteiger partial charge in [0.2, 0.25) is 0 Å². The van der Waals surface area contributed by atoms with E-state index >= 15 is 0 Å². The van der Waals surface area contributed by atoms with Gasteiger partial charge in [0.15, 0.2) is 0 Å². The Balaban J connectivity index is 4.26. The Kier molecular flexibility index (Phi) is 5.78. The van der Waals surface area contributed by atoms with Gasteiger partial charge in [0, 0.05) is 6.54 Å². The average molecular weight is 217 g/mol. The zero-order chi connectivity index (χ0) is 12.1. The van der Waals surface area contributed by atoms with Crippen LogP contribution in [0.3, 0.4) is 0 Å². The summed E-state index contributed by atoms with van der Waals surface area (Å²) in [4.78, 5) is 1.54. The number of likely N-dealkylation sites (N-methyl/N-ethyl adjacent to an activating group) is 2. The molecule has 0 aliphatic carbocycles. The maximum Gasteiger partial charge on any atom is 0.0986 e. The quantitative estimate of drug-likeness (QED) is 0.555. The van der Waals surface area contributed by atoms with Crippen LogP contribution in [0.4, 0.5) is 0 Å². The summed E-state index contributed by atoms with van der Waals surface area (Å²) in [7, 11) is 11.1. The van der Waals surface area contributed by atoms with E-state index in [1.54, 1.807) is 0 Å². The molecule has 0 spiro atoms. The maximum atomic E-state index is 3.24. The molecule has 2 N–H and O–H groups in total. The van der Waals surface area contributed by atoms with Crippen molar-refractivity contribution in [1.82, 2.24) is 5.32 Å². The molecule has 0 aliphatic rings. The minimum absolute atomic E-state index is 0.355. The minimum atomic E-state index is 0.355. The zero-order valence-corrected chi connectivity index (χ0v) is 11.8. The van der Waals surface area contributed by atoms with Gasteiger partial charge in [-0.3, -0.25) is 0 Å². The van der Waals surface area contributed by atoms with Gasteiger partial charge in [-0.15, -0.1) is 0 Å². The van der Waals surface area contributed by atoms with Crippen molar-refractivity contribution < 1.29 is 9.38 Å². The fourth-order valence-electron chi connectivity index (χ4n) is 1.55. The molecule has 0 rings (SSSR count). The highest BCUT2D eigenvalue weighted by Gasteiger charge is 2.36. The van der Waals surface area contributed by atoms with Gasteiger partial charge in [-0.25, -0.2) is 0 Å². The van der Waals surface area contributed by atoms with Crippen LogP contribution in [0.1, 0.15) is 20.3 Å². The van der Waals surface area contributed by atoms with Gasteiger partial charge in [0.1, 0.15) is 0 Å². The van der Waals surface area contributed by atoms with Gasteiger partial charge in [-0.05, 0) is 20.9 Å². The Labute approximate surface area is 96.0 Å². The third-order valence-electron chi connectivity index (χ3n) is 3.80. The normalized spacial score (nSPS) is 13.6. The lowest BCUT2D eigenvalue weighted by Gasteiger charge is -2.44. The predicted octanol–water partition coefficient (Wildman–Crippen LogP) is -0.405. The molecular formula is C12H31N3+2. The first-order chi connectivity index (χ1) is 6.73. The molecule has 0 saturated carbocycles. The summed E-state index contributed by atoms with van der Waals surface area (Å²) in [6.07, 6.45) is 1.27. The van der Waals surface area contributed by atoms with Crippen molar-refractivity contribution >= 4 is 0 Å². The molecule has 0 bridgehead atoms. The van der Waals surface area contributed by atoms with Crippen molar-refractivity contribution in [2.45, 2.75) is 25.8 Å². The number of quaternary nitrogens is 2. The molecule has 0 aromatic carbocycles. The summed E-state index contributed by atoms with van der Waals surface area (Å²) in [5.41, 5.74) is 0.355. The van der Waals surface area contributed by atoms with Crippen molar-refractivity contribution in [3.63, 3.8) is 0 Å². The van der Waals surface area contributed by atoms with E-state index in [4.69, 9.17) is 0 Å². The van der Waals surface area contributed by atoms with Crippen molar-refractivity contribution in [3.05, 3.63) is 0 Å². The lowest BCUT2D eigenvalue weighted by atomic mass is 9.95. The van der Waals surface area contributed by atoms with Crippen LogP contribution in [0.2, 0.25) is 0 Å². The van der Waals surface area contributed by atoms with Crippen LogP contribution in [0.15, 0.2) is 0 Å². The summed E-state index contributed by atoms with van der Waals surface area (Å²) in [5, 5.41) is 3.24. The van der Waals surface area contributed by atoms with Gasteiger partial charge in [0.25, 0.3) is 0 Å². The minimum Gasteiger partial charge on any atom is -0.340 e. The first-order valence-corrected chi connectivity index (χ1v) is 5.99. The van der Waals surface area contributed by atoms with Crippen molar-refractivity contribution in [3.8, 4) is 0 Å². The smallest absolute Gasteiger partial charge is 0.0986 e. The largest absolute Gasteiger partial charge is 0.340 e. The second-order valence-electron chi connectivity index (χ2n) is 6.03. The fourth-order valence-corrected chi connectivity index (χ4v) is 1.55. The van der Waals surface area contributed by atoms with Gasteiger partial charge in [0.05, 0.1) is 53.2 Å². The highest BCUT2D eigenvalue weighted by Crippen LogP contribution is 2.22. The van der Waals surface area contributed by atoms with Crippen LogP contribution < -0.4 is 10.2 Å². The molecule has 0 saturated heterocycles. The molecule has 0 amide bonds. The van der Waals surface area contributed by atoms with Gasteiger partial charge < -0.3 is 14.7 Å². The van der Waals surface area contributed by atoms with Crippen LogP contribution >= 0.6 is 0 Å². The molecule has 0 aromatic rings. The van der Waals surface area contributed by atoms with E-state index in [-0.39, 0.29) is 0 Å². The Bertz CT molecular complexity index is 174. The van der Waals surface area contributed by atoms with E-state index in [1.807, 2.05) is 7.05 Å². The standard InChI is InChI=1S/C12H30N3/c1-12(2,8-10-14(4)5)15(6,7)11-9-13-3/h13H,8-11H2,1-7H3/q+1/p+1. The van der Waals surface area contributed by atoms with Crippen LogP contribution in [0.25, 0.3) is 0 Å². The van der Waals surface area contributed by atoms with Crippen molar-refractivity contribution in [1.29, 1.82) is 0 Å². The maximum absolute atomic E-state index is 3.24. The average Bonchev–Trinajstić information content (AvgIpc) is 2.11. The first-order valence-electron chi connectivity index (χ1n) is 5.99. The van der Waals surface area contributed by atoms with E-state index < -0.39 is 0 Å². The number of rotatable bonds is 7. The number of nitrogens with zero attached hydrogens (tertiary/aromatic N) is 1. The van der Waals surface area contributed by atoms with Crippen molar-refractivity contribution in [2.75, 3.05) is 54.9 Å². The van der Waals surface area contributed by atoms with Crippen LogP contribution in [-0.4, -0.2) is 64.9 Å². The number of hydrogen-bond acceptors (Lipinski definition) is 1. The Morgan fingerprint density at radius 3 is 2.13 bits per heavy atom. The Hall–Kier alpha value is -0.120. The van der Waals surface area contributed by atoms with Crippen molar-refractivity contribution in [2.24, 2.45) is 0 Å². The van der Waals surface area contributed by atoms with E-state index in [1.165, 1.54) is 24.4 Å². The van der Waals surface area contributed by atoms with E-state index in [0.717, 1.165) is 11.0 Å². The SMILES string of the molecule is CNCC[N+](C)(C)C(C)(C)CC[NH+](C)C. The summed E-state index contributed by atoms with van der Waals surface area (Å²) < 4.78 is 1.08. The molecule has 0 aliphatic heterocycles. The van der Waals surface area contributed by atoms with Gasteiger partial charge in [-0.2, -0.15) is 0 Å². The highest BCUT2D eigenvalue weighted by atomic mass is 15.4. The Morgan fingerprint density at radius 2 is 1.73 bits per heavy atom. The third-order valence-corrected chi connectivity index (χ3v) is 3.80. The van der Waals surface area contributed by atoms with E-state index in [2.05, 4.69) is 47.4 Å². The number of hydrogen-bond donors (Lipinski definition) is 2. The molecule has 3 nitrogen and oxygen atoms in total. The van der Waals surface area contributed by atoms with Gasteiger partial charge >= 0.3 is 0 Å². The molecule has 0 heterocycles. The zero-order valence-electron chi connectivity index (χ0n) is 11.8. The first kappa shape index (κ1) is 14.9. The van der Waals surface area contributed by atoms with Gasteiger partial charge in [-0.1, -0.05) is 0 Å². The fraction of sp³-hybridized carbons (Fsp3) is 1.00. The van der Waals surface area contributed by atoms with Crippen LogP contribution in [0, 0.1) is 0 Å². The van der Waals surface area contributed by atoms with E-state index in [9.17, 15) is 0 Å². The van der Waals surface area contributed by atoms with E-state index in [0.29, 0.717) is 5.54 Å². The summed E-state index contributed by atoms with van der Waals surface area (Å²) >= 11 is 0. The molecular weight excluding hydrogens is 186 g/mol. The second kappa shape index (κ2) is 5.83. The number of nitrogens with one attached hydrogen (secondary N) is 2. The summed E-state index contributed by atoms with van der Waals surface area (Å²) in [5.74, 6) is 0. The predicted molar refractivity (Wildman–Crippen MR) is 67.3 cm³/mol. The molecule has 0 radical (unpaired) electrons.